The predicted molar refractivity (Wildman–Crippen MR) is 73.7 cm³/mol. The first-order chi connectivity index (χ1) is 8.94. The number of carbonyl (C=O) groups is 2. The minimum atomic E-state index is -0.936. The lowest BCUT2D eigenvalue weighted by Crippen LogP contribution is -2.50. The highest BCUT2D eigenvalue weighted by molar-refractivity contribution is 6.02. The van der Waals surface area contributed by atoms with Gasteiger partial charge in [0.05, 0.1) is 7.11 Å². The highest BCUT2D eigenvalue weighted by atomic mass is 16.5. The van der Waals surface area contributed by atoms with Crippen LogP contribution in [0.5, 0.6) is 0 Å². The molecular formula is C14H26N2O3. The fourth-order valence-corrected chi connectivity index (χ4v) is 2.67. The SMILES string of the molecule is COC(=O)C1(C(=O)N(C)CCN(C)C)CCCCC1. The van der Waals surface area contributed by atoms with Crippen LogP contribution in [0, 0.1) is 5.41 Å². The van der Waals surface area contributed by atoms with E-state index in [4.69, 9.17) is 4.74 Å². The first kappa shape index (κ1) is 16.0. The van der Waals surface area contributed by atoms with Gasteiger partial charge in [-0.3, -0.25) is 9.59 Å². The average molecular weight is 270 g/mol. The van der Waals surface area contributed by atoms with E-state index in [0.29, 0.717) is 19.4 Å². The monoisotopic (exact) mass is 270 g/mol. The Morgan fingerprint density at radius 2 is 1.63 bits per heavy atom. The van der Waals surface area contributed by atoms with E-state index in [2.05, 4.69) is 0 Å². The second kappa shape index (κ2) is 6.89. The molecule has 1 fully saturated rings. The lowest BCUT2D eigenvalue weighted by molar-refractivity contribution is -0.165. The van der Waals surface area contributed by atoms with Crippen molar-refractivity contribution in [3.8, 4) is 0 Å². The zero-order valence-corrected chi connectivity index (χ0v) is 12.6. The Bertz CT molecular complexity index is 323. The van der Waals surface area contributed by atoms with Crippen LogP contribution < -0.4 is 0 Å². The fourth-order valence-electron chi connectivity index (χ4n) is 2.67. The molecular weight excluding hydrogens is 244 g/mol. The lowest BCUT2D eigenvalue weighted by Gasteiger charge is -2.36. The van der Waals surface area contributed by atoms with E-state index in [1.807, 2.05) is 19.0 Å². The summed E-state index contributed by atoms with van der Waals surface area (Å²) in [5.74, 6) is -0.449. The maximum atomic E-state index is 12.6. The largest absolute Gasteiger partial charge is 0.468 e. The number of carbonyl (C=O) groups excluding carboxylic acids is 2. The Morgan fingerprint density at radius 1 is 1.05 bits per heavy atom. The molecule has 1 aliphatic carbocycles. The molecule has 0 saturated heterocycles. The van der Waals surface area contributed by atoms with Crippen molar-refractivity contribution in [3.05, 3.63) is 0 Å². The van der Waals surface area contributed by atoms with Crippen LogP contribution in [-0.4, -0.2) is 63.0 Å². The normalized spacial score (nSPS) is 18.2. The van der Waals surface area contributed by atoms with Gasteiger partial charge in [0.2, 0.25) is 5.91 Å². The number of rotatable bonds is 5. The van der Waals surface area contributed by atoms with Crippen LogP contribution in [0.3, 0.4) is 0 Å². The van der Waals surface area contributed by atoms with Crippen molar-refractivity contribution < 1.29 is 14.3 Å². The molecule has 0 unspecified atom stereocenters. The van der Waals surface area contributed by atoms with E-state index in [-0.39, 0.29) is 11.9 Å². The molecule has 0 aromatic carbocycles. The molecule has 0 bridgehead atoms. The topological polar surface area (TPSA) is 49.9 Å². The highest BCUT2D eigenvalue weighted by Crippen LogP contribution is 2.38. The quantitative estimate of drug-likeness (QED) is 0.555. The number of ether oxygens (including phenoxy) is 1. The van der Waals surface area contributed by atoms with E-state index in [1.54, 1.807) is 11.9 Å². The summed E-state index contributed by atoms with van der Waals surface area (Å²) in [6.45, 7) is 1.42. The summed E-state index contributed by atoms with van der Waals surface area (Å²) in [6.07, 6.45) is 4.16. The zero-order valence-electron chi connectivity index (χ0n) is 12.6. The second-order valence-corrected chi connectivity index (χ2v) is 5.66. The number of amides is 1. The molecule has 1 rings (SSSR count). The standard InChI is InChI=1S/C14H26N2O3/c1-15(2)10-11-16(3)12(17)14(13(18)19-4)8-6-5-7-9-14/h5-11H2,1-4H3. The van der Waals surface area contributed by atoms with Gasteiger partial charge in [-0.1, -0.05) is 19.3 Å². The van der Waals surface area contributed by atoms with Crippen molar-refractivity contribution in [2.75, 3.05) is 41.3 Å². The van der Waals surface area contributed by atoms with Gasteiger partial charge < -0.3 is 14.5 Å². The van der Waals surface area contributed by atoms with Crippen molar-refractivity contribution in [2.24, 2.45) is 5.41 Å². The van der Waals surface area contributed by atoms with Gasteiger partial charge in [0, 0.05) is 20.1 Å². The third-order valence-corrected chi connectivity index (χ3v) is 3.92. The van der Waals surface area contributed by atoms with E-state index >= 15 is 0 Å². The third-order valence-electron chi connectivity index (χ3n) is 3.92. The smallest absolute Gasteiger partial charge is 0.321 e. The van der Waals surface area contributed by atoms with Gasteiger partial charge in [-0.15, -0.1) is 0 Å². The Labute approximate surface area is 115 Å². The summed E-state index contributed by atoms with van der Waals surface area (Å²) >= 11 is 0. The van der Waals surface area contributed by atoms with Crippen molar-refractivity contribution in [1.29, 1.82) is 0 Å². The molecule has 0 radical (unpaired) electrons. The Balaban J connectivity index is 2.79. The van der Waals surface area contributed by atoms with Crippen LogP contribution in [0.2, 0.25) is 0 Å². The number of esters is 1. The van der Waals surface area contributed by atoms with Crippen LogP contribution in [0.15, 0.2) is 0 Å². The number of likely N-dealkylation sites (N-methyl/N-ethyl adjacent to an activating group) is 2. The van der Waals surface area contributed by atoms with Crippen LogP contribution in [-0.2, 0) is 14.3 Å². The molecule has 0 aromatic heterocycles. The summed E-state index contributed by atoms with van der Waals surface area (Å²) in [7, 11) is 7.07. The Morgan fingerprint density at radius 3 is 2.11 bits per heavy atom. The maximum Gasteiger partial charge on any atom is 0.321 e. The minimum Gasteiger partial charge on any atom is -0.468 e. The first-order valence-electron chi connectivity index (χ1n) is 6.93. The molecule has 0 spiro atoms. The number of hydrogen-bond acceptors (Lipinski definition) is 4. The number of hydrogen-bond donors (Lipinski definition) is 0. The van der Waals surface area contributed by atoms with Gasteiger partial charge in [-0.25, -0.2) is 0 Å². The first-order valence-corrected chi connectivity index (χ1v) is 6.93. The molecule has 110 valence electrons. The van der Waals surface area contributed by atoms with Gasteiger partial charge in [0.25, 0.3) is 0 Å². The summed E-state index contributed by atoms with van der Waals surface area (Å²) in [4.78, 5) is 28.4. The molecule has 0 heterocycles. The molecule has 5 heteroatoms. The minimum absolute atomic E-state index is 0.0825. The van der Waals surface area contributed by atoms with Crippen molar-refractivity contribution in [2.45, 2.75) is 32.1 Å². The van der Waals surface area contributed by atoms with Crippen LogP contribution in [0.1, 0.15) is 32.1 Å². The molecule has 0 N–H and O–H groups in total. The fraction of sp³-hybridized carbons (Fsp3) is 0.857. The summed E-state index contributed by atoms with van der Waals surface area (Å²) in [6, 6.07) is 0. The molecule has 1 saturated carbocycles. The van der Waals surface area contributed by atoms with E-state index in [9.17, 15) is 9.59 Å². The zero-order chi connectivity index (χ0) is 14.5. The summed E-state index contributed by atoms with van der Waals surface area (Å²) < 4.78 is 4.89. The molecule has 19 heavy (non-hydrogen) atoms. The molecule has 1 aliphatic rings. The maximum absolute atomic E-state index is 12.6. The molecule has 0 atom stereocenters. The lowest BCUT2D eigenvalue weighted by atomic mass is 9.73. The van der Waals surface area contributed by atoms with Gasteiger partial charge in [-0.05, 0) is 26.9 Å². The number of methoxy groups -OCH3 is 1. The highest BCUT2D eigenvalue weighted by Gasteiger charge is 2.48. The third kappa shape index (κ3) is 3.69. The summed E-state index contributed by atoms with van der Waals surface area (Å²) in [5.41, 5.74) is -0.936. The molecule has 0 aliphatic heterocycles. The molecule has 1 amide bonds. The van der Waals surface area contributed by atoms with Crippen LogP contribution >= 0.6 is 0 Å². The van der Waals surface area contributed by atoms with Crippen molar-refractivity contribution in [1.82, 2.24) is 9.80 Å². The van der Waals surface area contributed by atoms with Gasteiger partial charge in [-0.2, -0.15) is 0 Å². The van der Waals surface area contributed by atoms with E-state index < -0.39 is 5.41 Å². The van der Waals surface area contributed by atoms with Gasteiger partial charge >= 0.3 is 5.97 Å². The van der Waals surface area contributed by atoms with Crippen molar-refractivity contribution >= 4 is 11.9 Å². The average Bonchev–Trinajstić information content (AvgIpc) is 2.43. The molecule has 0 aromatic rings. The predicted octanol–water partition coefficient (Wildman–Crippen LogP) is 1.13. The van der Waals surface area contributed by atoms with Crippen LogP contribution in [0.25, 0.3) is 0 Å². The Kier molecular flexibility index (Phi) is 5.79. The van der Waals surface area contributed by atoms with Crippen LogP contribution in [0.4, 0.5) is 0 Å². The van der Waals surface area contributed by atoms with E-state index in [0.717, 1.165) is 25.8 Å². The summed E-state index contributed by atoms with van der Waals surface area (Å²) in [5, 5.41) is 0. The van der Waals surface area contributed by atoms with Crippen molar-refractivity contribution in [3.63, 3.8) is 0 Å². The van der Waals surface area contributed by atoms with Gasteiger partial charge in [0.1, 0.15) is 5.41 Å². The molecule has 5 nitrogen and oxygen atoms in total. The second-order valence-electron chi connectivity index (χ2n) is 5.66. The van der Waals surface area contributed by atoms with Gasteiger partial charge in [0.15, 0.2) is 0 Å². The Hall–Kier alpha value is -1.10. The number of nitrogens with zero attached hydrogens (tertiary/aromatic N) is 2. The van der Waals surface area contributed by atoms with E-state index in [1.165, 1.54) is 7.11 Å².